The number of nitrogens with zero attached hydrogens (tertiary/aromatic N) is 2. The highest BCUT2D eigenvalue weighted by molar-refractivity contribution is 8.18. The van der Waals surface area contributed by atoms with E-state index in [9.17, 15) is 28.1 Å². The second kappa shape index (κ2) is 8.78. The molecule has 0 bridgehead atoms. The minimum atomic E-state index is -3.76. The fraction of sp³-hybridized carbons (Fsp3) is 0.158. The SMILES string of the molecule is COc1cc(/C=C2\SC(=O)N(Cc3ccccc3[N+](=O)[O-])C2=O)ccc1OS(C)(=O)=O. The standard InChI is InChI=1S/C19H16N2O8S2/c1-28-16-9-12(7-8-15(16)29-31(2,26)27)10-17-18(22)20(19(23)30-17)11-13-5-3-4-6-14(13)21(24)25/h3-10H,11H2,1-2H3/b17-10-. The molecule has 0 atom stereocenters. The molecule has 2 aromatic carbocycles. The average molecular weight is 464 g/mol. The van der Waals surface area contributed by atoms with Gasteiger partial charge in [0, 0.05) is 11.6 Å². The lowest BCUT2D eigenvalue weighted by Gasteiger charge is -2.12. The van der Waals surface area contributed by atoms with Crippen LogP contribution in [0.5, 0.6) is 11.5 Å². The number of thioether (sulfide) groups is 1. The maximum Gasteiger partial charge on any atom is 0.306 e. The first-order valence-corrected chi connectivity index (χ1v) is 11.3. The van der Waals surface area contributed by atoms with E-state index >= 15 is 0 Å². The molecule has 0 unspecified atom stereocenters. The van der Waals surface area contributed by atoms with E-state index in [1.165, 1.54) is 49.6 Å². The van der Waals surface area contributed by atoms with Gasteiger partial charge >= 0.3 is 10.1 Å². The van der Waals surface area contributed by atoms with Crippen LogP contribution in [0.1, 0.15) is 11.1 Å². The minimum absolute atomic E-state index is 0.0216. The molecule has 0 N–H and O–H groups in total. The minimum Gasteiger partial charge on any atom is -0.493 e. The lowest BCUT2D eigenvalue weighted by Crippen LogP contribution is -2.27. The van der Waals surface area contributed by atoms with E-state index < -0.39 is 26.2 Å². The number of para-hydroxylation sites is 1. The Morgan fingerprint density at radius 2 is 1.87 bits per heavy atom. The highest BCUT2D eigenvalue weighted by Crippen LogP contribution is 2.36. The zero-order valence-electron chi connectivity index (χ0n) is 16.3. The molecule has 162 valence electrons. The van der Waals surface area contributed by atoms with E-state index in [1.54, 1.807) is 6.07 Å². The second-order valence-corrected chi connectivity index (χ2v) is 8.92. The fourth-order valence-corrected chi connectivity index (χ4v) is 4.09. The maximum absolute atomic E-state index is 12.7. The lowest BCUT2D eigenvalue weighted by atomic mass is 10.1. The molecular formula is C19H16N2O8S2. The maximum atomic E-state index is 12.7. The van der Waals surface area contributed by atoms with E-state index in [2.05, 4.69) is 0 Å². The van der Waals surface area contributed by atoms with Crippen LogP contribution in [0, 0.1) is 10.1 Å². The number of ether oxygens (including phenoxy) is 1. The molecule has 1 heterocycles. The molecule has 31 heavy (non-hydrogen) atoms. The summed E-state index contributed by atoms with van der Waals surface area (Å²) in [5.41, 5.74) is 0.519. The molecule has 0 aromatic heterocycles. The molecule has 2 aromatic rings. The van der Waals surface area contributed by atoms with E-state index in [-0.39, 0.29) is 34.2 Å². The summed E-state index contributed by atoms with van der Waals surface area (Å²) in [6.07, 6.45) is 2.34. The second-order valence-electron chi connectivity index (χ2n) is 6.35. The van der Waals surface area contributed by atoms with Gasteiger partial charge in [-0.1, -0.05) is 24.3 Å². The van der Waals surface area contributed by atoms with Crippen LogP contribution in [0.15, 0.2) is 47.4 Å². The third kappa shape index (κ3) is 5.22. The number of nitro groups is 1. The molecule has 1 aliphatic heterocycles. The predicted molar refractivity (Wildman–Crippen MR) is 113 cm³/mol. The molecule has 12 heteroatoms. The van der Waals surface area contributed by atoms with Crippen LogP contribution in [-0.4, -0.2) is 42.8 Å². The Morgan fingerprint density at radius 3 is 2.52 bits per heavy atom. The van der Waals surface area contributed by atoms with Crippen LogP contribution in [0.25, 0.3) is 6.08 Å². The number of benzene rings is 2. The molecule has 0 saturated carbocycles. The number of amides is 2. The Morgan fingerprint density at radius 1 is 1.16 bits per heavy atom. The summed E-state index contributed by atoms with van der Waals surface area (Å²) in [6, 6.07) is 10.2. The molecule has 0 aliphatic carbocycles. The van der Waals surface area contributed by atoms with Crippen LogP contribution in [0.3, 0.4) is 0 Å². The van der Waals surface area contributed by atoms with Crippen molar-refractivity contribution in [3.05, 3.63) is 68.6 Å². The molecule has 10 nitrogen and oxygen atoms in total. The molecule has 1 fully saturated rings. The molecule has 3 rings (SSSR count). The van der Waals surface area contributed by atoms with Crippen LogP contribution in [0.4, 0.5) is 10.5 Å². The molecule has 2 amide bonds. The van der Waals surface area contributed by atoms with Gasteiger partial charge in [0.15, 0.2) is 11.5 Å². The summed E-state index contributed by atoms with van der Waals surface area (Å²) in [6.45, 7) is -0.233. The van der Waals surface area contributed by atoms with Crippen LogP contribution in [0.2, 0.25) is 0 Å². The lowest BCUT2D eigenvalue weighted by molar-refractivity contribution is -0.385. The quantitative estimate of drug-likeness (QED) is 0.262. The number of rotatable bonds is 7. The van der Waals surface area contributed by atoms with Gasteiger partial charge in [-0.15, -0.1) is 0 Å². The van der Waals surface area contributed by atoms with Crippen molar-refractivity contribution >= 4 is 44.8 Å². The van der Waals surface area contributed by atoms with Gasteiger partial charge in [0.2, 0.25) is 0 Å². The Bertz CT molecular complexity index is 1210. The predicted octanol–water partition coefficient (Wildman–Crippen LogP) is 3.18. The topological polar surface area (TPSA) is 133 Å². The van der Waals surface area contributed by atoms with E-state index in [0.717, 1.165) is 11.2 Å². The first kappa shape index (κ1) is 22.3. The van der Waals surface area contributed by atoms with Crippen molar-refractivity contribution in [1.29, 1.82) is 0 Å². The van der Waals surface area contributed by atoms with Crippen LogP contribution < -0.4 is 8.92 Å². The average Bonchev–Trinajstić information content (AvgIpc) is 2.95. The number of methoxy groups -OCH3 is 1. The fourth-order valence-electron chi connectivity index (χ4n) is 2.79. The summed E-state index contributed by atoms with van der Waals surface area (Å²) in [4.78, 5) is 36.7. The highest BCUT2D eigenvalue weighted by atomic mass is 32.2. The Kier molecular flexibility index (Phi) is 6.32. The van der Waals surface area contributed by atoms with E-state index in [1.807, 2.05) is 0 Å². The number of carbonyl (C=O) groups is 2. The van der Waals surface area contributed by atoms with Gasteiger partial charge in [-0.2, -0.15) is 8.42 Å². The van der Waals surface area contributed by atoms with E-state index in [4.69, 9.17) is 8.92 Å². The first-order valence-electron chi connectivity index (χ1n) is 8.64. The third-order valence-electron chi connectivity index (χ3n) is 4.12. The number of hydrogen-bond acceptors (Lipinski definition) is 9. The third-order valence-corrected chi connectivity index (χ3v) is 5.51. The van der Waals surface area contributed by atoms with Gasteiger partial charge in [-0.25, -0.2) is 0 Å². The summed E-state index contributed by atoms with van der Waals surface area (Å²) in [5.74, 6) is -0.492. The summed E-state index contributed by atoms with van der Waals surface area (Å²) in [7, 11) is -2.43. The van der Waals surface area contributed by atoms with Gasteiger partial charge in [0.25, 0.3) is 16.8 Å². The number of carbonyl (C=O) groups excluding carboxylic acids is 2. The highest BCUT2D eigenvalue weighted by Gasteiger charge is 2.36. The van der Waals surface area contributed by atoms with Crippen LogP contribution >= 0.6 is 11.8 Å². The van der Waals surface area contributed by atoms with Gasteiger partial charge in [0.1, 0.15) is 0 Å². The molecule has 1 aliphatic rings. The molecule has 0 spiro atoms. The molecular weight excluding hydrogens is 448 g/mol. The normalized spacial score (nSPS) is 15.4. The van der Waals surface area contributed by atoms with Gasteiger partial charge in [0.05, 0.1) is 29.7 Å². The van der Waals surface area contributed by atoms with Crippen molar-refractivity contribution < 1.29 is 31.9 Å². The summed E-state index contributed by atoms with van der Waals surface area (Å²) < 4.78 is 32.6. The van der Waals surface area contributed by atoms with Gasteiger partial charge in [-0.3, -0.25) is 24.6 Å². The zero-order valence-corrected chi connectivity index (χ0v) is 17.9. The number of hydrogen-bond donors (Lipinski definition) is 0. The Labute approximate surface area is 181 Å². The van der Waals surface area contributed by atoms with Crippen molar-refractivity contribution in [2.75, 3.05) is 13.4 Å². The van der Waals surface area contributed by atoms with Gasteiger partial charge < -0.3 is 8.92 Å². The first-order chi connectivity index (χ1) is 14.6. The van der Waals surface area contributed by atoms with Gasteiger partial charge in [-0.05, 0) is 35.5 Å². The Balaban J connectivity index is 1.86. The van der Waals surface area contributed by atoms with Crippen molar-refractivity contribution in [3.63, 3.8) is 0 Å². The summed E-state index contributed by atoms with van der Waals surface area (Å²) in [5, 5.41) is 10.6. The zero-order chi connectivity index (χ0) is 22.8. The Hall–Kier alpha value is -3.38. The number of nitro benzene ring substituents is 1. The monoisotopic (exact) mass is 464 g/mol. The number of imide groups is 1. The molecule has 0 radical (unpaired) electrons. The van der Waals surface area contributed by atoms with Crippen molar-refractivity contribution in [2.45, 2.75) is 6.54 Å². The largest absolute Gasteiger partial charge is 0.493 e. The van der Waals surface area contributed by atoms with E-state index in [0.29, 0.717) is 17.3 Å². The molecule has 1 saturated heterocycles. The van der Waals surface area contributed by atoms with Crippen molar-refractivity contribution in [3.8, 4) is 11.5 Å². The van der Waals surface area contributed by atoms with Crippen molar-refractivity contribution in [1.82, 2.24) is 4.90 Å². The van der Waals surface area contributed by atoms with Crippen LogP contribution in [-0.2, 0) is 21.5 Å². The summed E-state index contributed by atoms with van der Waals surface area (Å²) >= 11 is 0.699. The van der Waals surface area contributed by atoms with Crippen molar-refractivity contribution in [2.24, 2.45) is 0 Å². The smallest absolute Gasteiger partial charge is 0.306 e.